The number of thioether (sulfide) groups is 1. The van der Waals surface area contributed by atoms with Crippen molar-refractivity contribution < 1.29 is 0 Å². The highest BCUT2D eigenvalue weighted by atomic mass is 127. The van der Waals surface area contributed by atoms with Crippen LogP contribution in [0.3, 0.4) is 0 Å². The molecule has 0 saturated carbocycles. The molecule has 108 valence electrons. The third-order valence-electron chi connectivity index (χ3n) is 2.99. The molecule has 0 radical (unpaired) electrons. The summed E-state index contributed by atoms with van der Waals surface area (Å²) in [7, 11) is 1.83. The van der Waals surface area contributed by atoms with Crippen LogP contribution in [0.4, 0.5) is 0 Å². The summed E-state index contributed by atoms with van der Waals surface area (Å²) in [6.45, 7) is 5.62. The van der Waals surface area contributed by atoms with E-state index in [-0.39, 0.29) is 24.0 Å². The summed E-state index contributed by atoms with van der Waals surface area (Å²) >= 11 is 1.85. The summed E-state index contributed by atoms with van der Waals surface area (Å²) < 4.78 is 0. The maximum absolute atomic E-state index is 4.21. The molecule has 4 nitrogen and oxygen atoms in total. The van der Waals surface area contributed by atoms with Crippen molar-refractivity contribution >= 4 is 41.7 Å². The quantitative estimate of drug-likeness (QED) is 0.315. The molecule has 0 amide bonds. The minimum Gasteiger partial charge on any atom is -0.356 e. The van der Waals surface area contributed by atoms with E-state index < -0.39 is 0 Å². The molecule has 0 aromatic carbocycles. The molecule has 18 heavy (non-hydrogen) atoms. The Morgan fingerprint density at radius 3 is 2.44 bits per heavy atom. The zero-order chi connectivity index (χ0) is 12.3. The van der Waals surface area contributed by atoms with Crippen LogP contribution in [0.5, 0.6) is 0 Å². The first-order valence-corrected chi connectivity index (χ1v) is 7.92. The zero-order valence-electron chi connectivity index (χ0n) is 11.6. The van der Waals surface area contributed by atoms with Crippen LogP contribution in [0.25, 0.3) is 0 Å². The second-order valence-corrected chi connectivity index (χ2v) is 5.31. The molecule has 1 aliphatic heterocycles. The number of nitrogens with zero attached hydrogens (tertiary/aromatic N) is 2. The molecule has 0 spiro atoms. The molecule has 1 fully saturated rings. The minimum atomic E-state index is 0. The largest absolute Gasteiger partial charge is 0.356 e. The Hall–Kier alpha value is 0.310. The molecule has 0 bridgehead atoms. The summed E-state index contributed by atoms with van der Waals surface area (Å²) in [6, 6.07) is 0. The molecule has 0 atom stereocenters. The van der Waals surface area contributed by atoms with Gasteiger partial charge in [0.2, 0.25) is 0 Å². The maximum atomic E-state index is 4.21. The third-order valence-corrected chi connectivity index (χ3v) is 3.60. The number of halogens is 1. The first-order chi connectivity index (χ1) is 8.36. The fourth-order valence-corrected chi connectivity index (χ4v) is 2.31. The van der Waals surface area contributed by atoms with Crippen LogP contribution >= 0.6 is 35.7 Å². The number of hydrogen-bond donors (Lipinski definition) is 2. The molecule has 0 unspecified atom stereocenters. The van der Waals surface area contributed by atoms with Crippen molar-refractivity contribution in [3.05, 3.63) is 0 Å². The Kier molecular flexibility index (Phi) is 12.6. The van der Waals surface area contributed by atoms with Gasteiger partial charge in [0.05, 0.1) is 0 Å². The SMILES string of the molecule is CN=C(NCCSC)NCCN1CCCCC1.I. The first kappa shape index (κ1) is 18.3. The molecule has 1 heterocycles. The van der Waals surface area contributed by atoms with Crippen molar-refractivity contribution in [1.29, 1.82) is 0 Å². The van der Waals surface area contributed by atoms with E-state index in [1.54, 1.807) is 0 Å². The third kappa shape index (κ3) is 8.42. The van der Waals surface area contributed by atoms with E-state index in [1.807, 2.05) is 18.8 Å². The molecule has 1 rings (SSSR count). The molecule has 6 heteroatoms. The molecule has 0 aliphatic carbocycles. The summed E-state index contributed by atoms with van der Waals surface area (Å²) in [4.78, 5) is 6.74. The predicted octanol–water partition coefficient (Wildman–Crippen LogP) is 1.62. The fourth-order valence-electron chi connectivity index (χ4n) is 2.01. The van der Waals surface area contributed by atoms with Gasteiger partial charge in [0, 0.05) is 32.4 Å². The second kappa shape index (κ2) is 12.3. The van der Waals surface area contributed by atoms with Crippen LogP contribution in [-0.2, 0) is 0 Å². The van der Waals surface area contributed by atoms with Gasteiger partial charge in [-0.3, -0.25) is 4.99 Å². The Labute approximate surface area is 133 Å². The van der Waals surface area contributed by atoms with E-state index in [9.17, 15) is 0 Å². The standard InChI is InChI=1S/C12H26N4S.HI/c1-13-12(15-7-11-17-2)14-6-10-16-8-4-3-5-9-16;/h3-11H2,1-2H3,(H2,13,14,15);1H. The van der Waals surface area contributed by atoms with E-state index >= 15 is 0 Å². The van der Waals surface area contributed by atoms with Gasteiger partial charge < -0.3 is 15.5 Å². The van der Waals surface area contributed by atoms with Crippen molar-refractivity contribution in [1.82, 2.24) is 15.5 Å². The van der Waals surface area contributed by atoms with Crippen molar-refractivity contribution in [2.24, 2.45) is 4.99 Å². The van der Waals surface area contributed by atoms with E-state index in [2.05, 4.69) is 26.8 Å². The average molecular weight is 386 g/mol. The van der Waals surface area contributed by atoms with E-state index in [0.717, 1.165) is 31.3 Å². The summed E-state index contributed by atoms with van der Waals surface area (Å²) in [6.07, 6.45) is 6.25. The number of aliphatic imine (C=N–C) groups is 1. The topological polar surface area (TPSA) is 39.7 Å². The van der Waals surface area contributed by atoms with Crippen molar-refractivity contribution in [2.75, 3.05) is 51.8 Å². The summed E-state index contributed by atoms with van der Waals surface area (Å²) in [5.41, 5.74) is 0. The van der Waals surface area contributed by atoms with E-state index in [1.165, 1.54) is 32.4 Å². The van der Waals surface area contributed by atoms with Crippen molar-refractivity contribution in [3.8, 4) is 0 Å². The first-order valence-electron chi connectivity index (χ1n) is 6.52. The van der Waals surface area contributed by atoms with Gasteiger partial charge in [-0.25, -0.2) is 0 Å². The van der Waals surface area contributed by atoms with Gasteiger partial charge in [-0.05, 0) is 32.2 Å². The van der Waals surface area contributed by atoms with Gasteiger partial charge in [-0.1, -0.05) is 6.42 Å². The summed E-state index contributed by atoms with van der Waals surface area (Å²) in [5.74, 6) is 2.04. The number of piperidine rings is 1. The van der Waals surface area contributed by atoms with Crippen LogP contribution in [0, 0.1) is 0 Å². The summed E-state index contributed by atoms with van der Waals surface area (Å²) in [5, 5.41) is 6.67. The van der Waals surface area contributed by atoms with Crippen LogP contribution < -0.4 is 10.6 Å². The van der Waals surface area contributed by atoms with E-state index in [4.69, 9.17) is 0 Å². The molecule has 1 saturated heterocycles. The Balaban J connectivity index is 0.00000289. The highest BCUT2D eigenvalue weighted by Gasteiger charge is 2.09. The highest BCUT2D eigenvalue weighted by Crippen LogP contribution is 2.07. The van der Waals surface area contributed by atoms with Gasteiger partial charge in [0.25, 0.3) is 0 Å². The maximum Gasteiger partial charge on any atom is 0.191 e. The van der Waals surface area contributed by atoms with Crippen LogP contribution in [-0.4, -0.2) is 62.6 Å². The lowest BCUT2D eigenvalue weighted by atomic mass is 10.1. The second-order valence-electron chi connectivity index (χ2n) is 4.32. The van der Waals surface area contributed by atoms with Crippen LogP contribution in [0.15, 0.2) is 4.99 Å². The predicted molar refractivity (Wildman–Crippen MR) is 93.5 cm³/mol. The van der Waals surface area contributed by atoms with E-state index in [0.29, 0.717) is 0 Å². The zero-order valence-corrected chi connectivity index (χ0v) is 14.7. The molecule has 2 N–H and O–H groups in total. The molecule has 0 aromatic rings. The molecular formula is C12H27IN4S. The lowest BCUT2D eigenvalue weighted by molar-refractivity contribution is 0.232. The monoisotopic (exact) mass is 386 g/mol. The molecule has 1 aliphatic rings. The van der Waals surface area contributed by atoms with Crippen LogP contribution in [0.1, 0.15) is 19.3 Å². The minimum absolute atomic E-state index is 0. The number of guanidine groups is 1. The smallest absolute Gasteiger partial charge is 0.191 e. The Morgan fingerprint density at radius 1 is 1.17 bits per heavy atom. The van der Waals surface area contributed by atoms with Crippen molar-refractivity contribution in [3.63, 3.8) is 0 Å². The highest BCUT2D eigenvalue weighted by molar-refractivity contribution is 14.0. The lowest BCUT2D eigenvalue weighted by Gasteiger charge is -2.26. The lowest BCUT2D eigenvalue weighted by Crippen LogP contribution is -2.43. The fraction of sp³-hybridized carbons (Fsp3) is 0.917. The number of nitrogens with one attached hydrogen (secondary N) is 2. The van der Waals surface area contributed by atoms with Crippen molar-refractivity contribution in [2.45, 2.75) is 19.3 Å². The number of likely N-dealkylation sites (tertiary alicyclic amines) is 1. The van der Waals surface area contributed by atoms with Gasteiger partial charge in [-0.2, -0.15) is 11.8 Å². The Bertz CT molecular complexity index is 220. The van der Waals surface area contributed by atoms with Gasteiger partial charge in [-0.15, -0.1) is 24.0 Å². The molecule has 0 aromatic heterocycles. The number of hydrogen-bond acceptors (Lipinski definition) is 3. The Morgan fingerprint density at radius 2 is 1.83 bits per heavy atom. The van der Waals surface area contributed by atoms with Crippen LogP contribution in [0.2, 0.25) is 0 Å². The van der Waals surface area contributed by atoms with Gasteiger partial charge in [0.1, 0.15) is 0 Å². The molecular weight excluding hydrogens is 359 g/mol. The normalized spacial score (nSPS) is 17.1. The average Bonchev–Trinajstić information content (AvgIpc) is 2.38. The van der Waals surface area contributed by atoms with Gasteiger partial charge in [0.15, 0.2) is 5.96 Å². The number of rotatable bonds is 6. The van der Waals surface area contributed by atoms with Gasteiger partial charge >= 0.3 is 0 Å².